The van der Waals surface area contributed by atoms with Crippen LogP contribution in [0.1, 0.15) is 46.1 Å². The van der Waals surface area contributed by atoms with Crippen LogP contribution in [-0.4, -0.2) is 39.7 Å². The summed E-state index contributed by atoms with van der Waals surface area (Å²) >= 11 is 0. The van der Waals surface area contributed by atoms with Gasteiger partial charge in [-0.05, 0) is 77.6 Å². The Bertz CT molecular complexity index is 1150. The van der Waals surface area contributed by atoms with Crippen LogP contribution in [0.5, 0.6) is 5.75 Å². The number of hydrogen-bond acceptors (Lipinski definition) is 4. The molecule has 0 radical (unpaired) electrons. The number of rotatable bonds is 6. The van der Waals surface area contributed by atoms with Crippen molar-refractivity contribution in [1.29, 1.82) is 0 Å². The fourth-order valence-corrected chi connectivity index (χ4v) is 4.76. The maximum Gasteiger partial charge on any atom is 0.265 e. The van der Waals surface area contributed by atoms with Gasteiger partial charge in [0.25, 0.3) is 5.56 Å². The summed E-state index contributed by atoms with van der Waals surface area (Å²) in [6, 6.07) is 14.4. The Morgan fingerprint density at radius 2 is 1.88 bits per heavy atom. The molecule has 2 aromatic carbocycles. The van der Waals surface area contributed by atoms with Crippen LogP contribution in [0.15, 0.2) is 47.3 Å². The molecule has 2 heterocycles. The zero-order valence-electron chi connectivity index (χ0n) is 20.0. The SMILES string of the molecule is Cc1ccccc1-c1nc2cccc(OC(C)C)c2c(=O)n1C[C@H]1CCCN(C(C)C)C1. The Hall–Kier alpha value is -2.66. The molecule has 1 fully saturated rings. The van der Waals surface area contributed by atoms with Gasteiger partial charge in [-0.15, -0.1) is 0 Å². The van der Waals surface area contributed by atoms with Crippen LogP contribution in [0.25, 0.3) is 22.3 Å². The summed E-state index contributed by atoms with van der Waals surface area (Å²) in [6.07, 6.45) is 2.29. The van der Waals surface area contributed by atoms with E-state index in [4.69, 9.17) is 9.72 Å². The Morgan fingerprint density at radius 3 is 2.59 bits per heavy atom. The van der Waals surface area contributed by atoms with E-state index in [0.29, 0.717) is 35.2 Å². The summed E-state index contributed by atoms with van der Waals surface area (Å²) in [4.78, 5) is 21.5. The Labute approximate surface area is 191 Å². The molecule has 3 aromatic rings. The first-order valence-corrected chi connectivity index (χ1v) is 11.9. The molecule has 5 heteroatoms. The van der Waals surface area contributed by atoms with Gasteiger partial charge in [-0.25, -0.2) is 4.98 Å². The monoisotopic (exact) mass is 433 g/mol. The van der Waals surface area contributed by atoms with Crippen molar-refractivity contribution in [3.63, 3.8) is 0 Å². The highest BCUT2D eigenvalue weighted by atomic mass is 16.5. The van der Waals surface area contributed by atoms with E-state index < -0.39 is 0 Å². The fourth-order valence-electron chi connectivity index (χ4n) is 4.76. The van der Waals surface area contributed by atoms with Gasteiger partial charge in [0.1, 0.15) is 17.0 Å². The van der Waals surface area contributed by atoms with E-state index in [1.165, 1.54) is 6.42 Å². The van der Waals surface area contributed by atoms with E-state index in [-0.39, 0.29) is 11.7 Å². The number of aromatic nitrogens is 2. The Balaban J connectivity index is 1.88. The molecule has 4 rings (SSSR count). The summed E-state index contributed by atoms with van der Waals surface area (Å²) in [5.41, 5.74) is 2.81. The molecular weight excluding hydrogens is 398 g/mol. The topological polar surface area (TPSA) is 47.4 Å². The number of likely N-dealkylation sites (tertiary alicyclic amines) is 1. The maximum absolute atomic E-state index is 14.0. The molecule has 5 nitrogen and oxygen atoms in total. The quantitative estimate of drug-likeness (QED) is 0.531. The lowest BCUT2D eigenvalue weighted by molar-refractivity contribution is 0.130. The third kappa shape index (κ3) is 4.58. The molecule has 1 saturated heterocycles. The number of hydrogen-bond donors (Lipinski definition) is 0. The predicted molar refractivity (Wildman–Crippen MR) is 131 cm³/mol. The van der Waals surface area contributed by atoms with Crippen LogP contribution >= 0.6 is 0 Å². The first-order chi connectivity index (χ1) is 15.3. The molecule has 0 amide bonds. The summed E-state index contributed by atoms with van der Waals surface area (Å²) < 4.78 is 7.92. The molecule has 0 spiro atoms. The normalized spacial score (nSPS) is 17.4. The molecule has 0 bridgehead atoms. The van der Waals surface area contributed by atoms with Crippen molar-refractivity contribution >= 4 is 10.9 Å². The van der Waals surface area contributed by atoms with Crippen molar-refractivity contribution in [3.8, 4) is 17.1 Å². The average molecular weight is 434 g/mol. The maximum atomic E-state index is 14.0. The summed E-state index contributed by atoms with van der Waals surface area (Å²) in [5.74, 6) is 1.79. The minimum atomic E-state index is -0.0116. The number of fused-ring (bicyclic) bond motifs is 1. The van der Waals surface area contributed by atoms with Crippen molar-refractivity contribution < 1.29 is 4.74 Å². The van der Waals surface area contributed by atoms with Crippen molar-refractivity contribution in [2.75, 3.05) is 13.1 Å². The molecule has 1 atom stereocenters. The zero-order valence-corrected chi connectivity index (χ0v) is 20.0. The van der Waals surface area contributed by atoms with E-state index >= 15 is 0 Å². The van der Waals surface area contributed by atoms with Gasteiger partial charge in [0.15, 0.2) is 0 Å². The molecule has 1 aliphatic heterocycles. The highest BCUT2D eigenvalue weighted by Gasteiger charge is 2.25. The second-order valence-corrected chi connectivity index (χ2v) is 9.58. The van der Waals surface area contributed by atoms with E-state index in [1.807, 2.05) is 48.7 Å². The van der Waals surface area contributed by atoms with Crippen LogP contribution in [0.2, 0.25) is 0 Å². The highest BCUT2D eigenvalue weighted by molar-refractivity contribution is 5.86. The molecule has 0 aliphatic carbocycles. The first kappa shape index (κ1) is 22.5. The Morgan fingerprint density at radius 1 is 1.09 bits per heavy atom. The molecule has 0 saturated carbocycles. The van der Waals surface area contributed by atoms with E-state index in [1.54, 1.807) is 0 Å². The van der Waals surface area contributed by atoms with E-state index in [9.17, 15) is 4.79 Å². The number of nitrogens with zero attached hydrogens (tertiary/aromatic N) is 3. The van der Waals surface area contributed by atoms with Gasteiger partial charge in [-0.3, -0.25) is 9.36 Å². The van der Waals surface area contributed by atoms with Crippen LogP contribution in [0.3, 0.4) is 0 Å². The second-order valence-electron chi connectivity index (χ2n) is 9.58. The van der Waals surface area contributed by atoms with Gasteiger partial charge >= 0.3 is 0 Å². The van der Waals surface area contributed by atoms with Gasteiger partial charge in [-0.2, -0.15) is 0 Å². The van der Waals surface area contributed by atoms with Crippen LogP contribution in [0.4, 0.5) is 0 Å². The number of benzene rings is 2. The summed E-state index contributed by atoms with van der Waals surface area (Å²) in [7, 11) is 0. The van der Waals surface area contributed by atoms with Crippen molar-refractivity contribution in [3.05, 3.63) is 58.4 Å². The first-order valence-electron chi connectivity index (χ1n) is 11.9. The lowest BCUT2D eigenvalue weighted by atomic mass is 9.96. The minimum absolute atomic E-state index is 0.00817. The molecule has 170 valence electrons. The molecule has 0 N–H and O–H groups in total. The lowest BCUT2D eigenvalue weighted by Crippen LogP contribution is -2.42. The second kappa shape index (κ2) is 9.45. The molecule has 1 aliphatic rings. The van der Waals surface area contributed by atoms with Crippen LogP contribution < -0.4 is 10.3 Å². The van der Waals surface area contributed by atoms with Crippen molar-refractivity contribution in [1.82, 2.24) is 14.5 Å². The largest absolute Gasteiger partial charge is 0.490 e. The smallest absolute Gasteiger partial charge is 0.265 e. The number of aryl methyl sites for hydroxylation is 1. The van der Waals surface area contributed by atoms with Crippen LogP contribution in [-0.2, 0) is 6.54 Å². The standard InChI is InChI=1S/C27H35N3O2/c1-18(2)29-15-9-11-21(16-29)17-30-26(22-12-7-6-10-20(22)5)28-23-13-8-14-24(32-19(3)4)25(23)27(30)31/h6-8,10,12-14,18-19,21H,9,11,15-17H2,1-5H3/t21-/m0/s1. The third-order valence-corrected chi connectivity index (χ3v) is 6.42. The van der Waals surface area contributed by atoms with Crippen molar-refractivity contribution in [2.45, 2.75) is 66.2 Å². The van der Waals surface area contributed by atoms with E-state index in [2.05, 4.69) is 37.8 Å². The third-order valence-electron chi connectivity index (χ3n) is 6.42. The minimum Gasteiger partial charge on any atom is -0.490 e. The van der Waals surface area contributed by atoms with Gasteiger partial charge < -0.3 is 9.64 Å². The van der Waals surface area contributed by atoms with Gasteiger partial charge in [0.05, 0.1) is 11.6 Å². The molecular formula is C27H35N3O2. The summed E-state index contributed by atoms with van der Waals surface area (Å²) in [6.45, 7) is 13.4. The van der Waals surface area contributed by atoms with E-state index in [0.717, 1.165) is 36.5 Å². The average Bonchev–Trinajstić information content (AvgIpc) is 2.76. The van der Waals surface area contributed by atoms with Gasteiger partial charge in [0, 0.05) is 24.7 Å². The van der Waals surface area contributed by atoms with Gasteiger partial charge in [0.2, 0.25) is 0 Å². The van der Waals surface area contributed by atoms with Gasteiger partial charge in [-0.1, -0.05) is 30.3 Å². The number of piperidine rings is 1. The van der Waals surface area contributed by atoms with Crippen LogP contribution in [0, 0.1) is 12.8 Å². The number of ether oxygens (including phenoxy) is 1. The summed E-state index contributed by atoms with van der Waals surface area (Å²) in [5, 5.41) is 0.579. The Kier molecular flexibility index (Phi) is 6.66. The zero-order chi connectivity index (χ0) is 22.8. The molecule has 1 aromatic heterocycles. The highest BCUT2D eigenvalue weighted by Crippen LogP contribution is 2.29. The fraction of sp³-hybridized carbons (Fsp3) is 0.481. The molecule has 32 heavy (non-hydrogen) atoms. The lowest BCUT2D eigenvalue weighted by Gasteiger charge is -2.36. The van der Waals surface area contributed by atoms with Crippen molar-refractivity contribution in [2.24, 2.45) is 5.92 Å². The molecule has 0 unspecified atom stereocenters. The predicted octanol–water partition coefficient (Wildman–Crippen LogP) is 5.28.